The van der Waals surface area contributed by atoms with Crippen LogP contribution in [0.5, 0.6) is 0 Å². The topological polar surface area (TPSA) is 11.4 Å². The molecule has 0 N–H and O–H groups in total. The molecular weight excluding hydrogens is 882 g/mol. The first-order valence-electron chi connectivity index (χ1n) is 26.4. The zero-order valence-corrected chi connectivity index (χ0v) is 44.3. The van der Waals surface area contributed by atoms with Gasteiger partial charge >= 0.3 is 6.85 Å². The summed E-state index contributed by atoms with van der Waals surface area (Å²) in [4.78, 5) is 5.14. The fraction of sp³-hybridized carbons (Fsp3) is 0.217. The first-order chi connectivity index (χ1) is 34.9. The number of rotatable bonds is 5. The van der Waals surface area contributed by atoms with E-state index in [4.69, 9.17) is 0 Å². The number of nitrogens with zero attached hydrogens (tertiary/aromatic N) is 3. The maximum atomic E-state index is 2.76. The molecule has 73 heavy (non-hydrogen) atoms. The van der Waals surface area contributed by atoms with Crippen LogP contribution in [-0.4, -0.2) is 11.3 Å². The van der Waals surface area contributed by atoms with E-state index in [1.807, 2.05) is 0 Å². The van der Waals surface area contributed by atoms with Crippen LogP contribution in [0.4, 0.5) is 34.1 Å². The second-order valence-electron chi connectivity index (χ2n) is 24.6. The second-order valence-corrected chi connectivity index (χ2v) is 24.6. The van der Waals surface area contributed by atoms with E-state index in [1.54, 1.807) is 0 Å². The van der Waals surface area contributed by atoms with Gasteiger partial charge in [0.2, 0.25) is 0 Å². The van der Waals surface area contributed by atoms with Gasteiger partial charge in [-0.1, -0.05) is 179 Å². The third kappa shape index (κ3) is 6.79. The minimum absolute atomic E-state index is 0.0205. The van der Waals surface area contributed by atoms with Gasteiger partial charge in [-0.2, -0.15) is 0 Å². The predicted molar refractivity (Wildman–Crippen MR) is 314 cm³/mol. The highest BCUT2D eigenvalue weighted by Crippen LogP contribution is 2.58. The highest BCUT2D eigenvalue weighted by atomic mass is 15.2. The molecule has 13 rings (SSSR count). The summed E-state index contributed by atoms with van der Waals surface area (Å²) in [6.07, 6.45) is 0. The lowest BCUT2D eigenvalue weighted by molar-refractivity contribution is 0.590. The Labute approximate surface area is 432 Å². The molecule has 0 spiro atoms. The molecule has 3 nitrogen and oxygen atoms in total. The lowest BCUT2D eigenvalue weighted by Crippen LogP contribution is -2.57. The number of hydrogen-bond donors (Lipinski definition) is 0. The molecule has 0 atom stereocenters. The number of fused-ring (bicyclic) bond motifs is 11. The Hall–Kier alpha value is -7.56. The van der Waals surface area contributed by atoms with Gasteiger partial charge in [0.15, 0.2) is 0 Å². The average Bonchev–Trinajstić information content (AvgIpc) is 3.85. The highest BCUT2D eigenvalue weighted by Gasteiger charge is 2.49. The van der Waals surface area contributed by atoms with Crippen LogP contribution in [0.2, 0.25) is 0 Å². The van der Waals surface area contributed by atoms with Gasteiger partial charge in [-0.05, 0) is 157 Å². The molecule has 1 aliphatic carbocycles. The van der Waals surface area contributed by atoms with E-state index >= 15 is 0 Å². The van der Waals surface area contributed by atoms with E-state index in [0.717, 1.165) is 17.1 Å². The van der Waals surface area contributed by atoms with Crippen molar-refractivity contribution >= 4 is 73.7 Å². The van der Waals surface area contributed by atoms with Gasteiger partial charge < -0.3 is 14.3 Å². The highest BCUT2D eigenvalue weighted by molar-refractivity contribution is 6.90. The summed E-state index contributed by atoms with van der Waals surface area (Å²) in [5.74, 6) is 0. The van der Waals surface area contributed by atoms with E-state index in [0.29, 0.717) is 0 Å². The summed E-state index contributed by atoms with van der Waals surface area (Å²) >= 11 is 0. The van der Waals surface area contributed by atoms with Crippen molar-refractivity contribution in [3.63, 3.8) is 0 Å². The normalized spacial score (nSPS) is 14.3. The Morgan fingerprint density at radius 2 is 1.00 bits per heavy atom. The molecule has 0 radical (unpaired) electrons. The molecule has 9 aromatic carbocycles. The standard InChI is InChI=1S/C69H64BN3/c1-66(2,3)44-31-34-59(51(37-44)43-23-15-12-16-24-43)72-61-36-33-49(71(47-25-17-13-18-26-47)48-27-19-14-20-28-48)41-58(61)70-63-53(42-57-62(65(63)72)50-29-21-22-30-56(50)69(57,10)11)55-40-46(68(7,8)9)39-54-52-38-45(67(4,5)6)32-35-60(52)73(70)64(54)55/h12-42H,1-11H3. The van der Waals surface area contributed by atoms with E-state index in [9.17, 15) is 0 Å². The molecule has 3 heterocycles. The monoisotopic (exact) mass is 946 g/mol. The summed E-state index contributed by atoms with van der Waals surface area (Å²) in [5.41, 5.74) is 26.3. The lowest BCUT2D eigenvalue weighted by Gasteiger charge is -2.43. The SMILES string of the molecule is CC(C)(C)c1ccc(N2c3ccc(N(c4ccccc4)c4ccccc4)cc3B3c4c(cc5c(c42)-c2ccccc2C5(C)C)-c2cc(C(C)(C)C)cc4c5cc(C(C)(C)C)ccc5n3c24)c(-c2ccccc2)c1. The van der Waals surface area contributed by atoms with Crippen molar-refractivity contribution in [3.8, 4) is 33.4 Å². The van der Waals surface area contributed by atoms with Crippen LogP contribution in [0.3, 0.4) is 0 Å². The van der Waals surface area contributed by atoms with Crippen molar-refractivity contribution in [2.45, 2.75) is 97.8 Å². The van der Waals surface area contributed by atoms with Crippen molar-refractivity contribution in [2.24, 2.45) is 0 Å². The summed E-state index contributed by atoms with van der Waals surface area (Å²) in [6.45, 7) is 25.9. The molecule has 4 heteroatoms. The Kier molecular flexibility index (Phi) is 9.76. The summed E-state index contributed by atoms with van der Waals surface area (Å²) in [5, 5.41) is 2.65. The first-order valence-corrected chi connectivity index (χ1v) is 26.4. The summed E-state index contributed by atoms with van der Waals surface area (Å²) in [7, 11) is 0. The molecule has 0 bridgehead atoms. The molecule has 3 aliphatic rings. The number of hydrogen-bond acceptors (Lipinski definition) is 2. The molecule has 358 valence electrons. The smallest absolute Gasteiger partial charge is 0.333 e. The van der Waals surface area contributed by atoms with Crippen molar-refractivity contribution in [2.75, 3.05) is 9.80 Å². The van der Waals surface area contributed by atoms with Crippen molar-refractivity contribution in [1.29, 1.82) is 0 Å². The molecule has 10 aromatic rings. The summed E-state index contributed by atoms with van der Waals surface area (Å²) < 4.78 is 2.76. The van der Waals surface area contributed by atoms with Gasteiger partial charge in [-0.25, -0.2) is 0 Å². The Balaban J connectivity index is 1.24. The van der Waals surface area contributed by atoms with Crippen molar-refractivity contribution in [1.82, 2.24) is 4.48 Å². The van der Waals surface area contributed by atoms with Crippen molar-refractivity contribution in [3.05, 3.63) is 216 Å². The zero-order chi connectivity index (χ0) is 50.5. The Morgan fingerprint density at radius 1 is 0.438 bits per heavy atom. The number of benzene rings is 9. The molecule has 1 aromatic heterocycles. The van der Waals surface area contributed by atoms with Crippen LogP contribution < -0.4 is 20.7 Å². The van der Waals surface area contributed by atoms with E-state index in [2.05, 4.69) is 278 Å². The number of aromatic nitrogens is 1. The third-order valence-corrected chi connectivity index (χ3v) is 16.6. The van der Waals surface area contributed by atoms with Gasteiger partial charge in [0.05, 0.1) is 11.4 Å². The maximum absolute atomic E-state index is 2.76. The van der Waals surface area contributed by atoms with Crippen LogP contribution >= 0.6 is 0 Å². The van der Waals surface area contributed by atoms with E-state index < -0.39 is 0 Å². The lowest BCUT2D eigenvalue weighted by atomic mass is 9.44. The molecule has 0 fully saturated rings. The van der Waals surface area contributed by atoms with Crippen LogP contribution in [0.25, 0.3) is 55.2 Å². The first kappa shape index (κ1) is 45.3. The van der Waals surface area contributed by atoms with Crippen LogP contribution in [-0.2, 0) is 21.7 Å². The zero-order valence-electron chi connectivity index (χ0n) is 44.3. The van der Waals surface area contributed by atoms with Gasteiger partial charge in [0.1, 0.15) is 0 Å². The molecule has 0 saturated carbocycles. The minimum Gasteiger partial charge on any atom is -0.375 e. The largest absolute Gasteiger partial charge is 0.375 e. The van der Waals surface area contributed by atoms with E-state index in [-0.39, 0.29) is 28.5 Å². The number of para-hydroxylation sites is 2. The fourth-order valence-electron chi connectivity index (χ4n) is 12.7. The fourth-order valence-corrected chi connectivity index (χ4v) is 12.7. The van der Waals surface area contributed by atoms with Gasteiger partial charge in [0, 0.05) is 66.7 Å². The molecular formula is C69H64BN3. The van der Waals surface area contributed by atoms with Crippen LogP contribution in [0.1, 0.15) is 104 Å². The van der Waals surface area contributed by atoms with E-state index in [1.165, 1.54) is 111 Å². The maximum Gasteiger partial charge on any atom is 0.333 e. The molecule has 0 saturated heterocycles. The van der Waals surface area contributed by atoms with Gasteiger partial charge in [-0.3, -0.25) is 0 Å². The minimum atomic E-state index is -0.250. The molecule has 0 amide bonds. The quantitative estimate of drug-likeness (QED) is 0.159. The van der Waals surface area contributed by atoms with Gasteiger partial charge in [0.25, 0.3) is 0 Å². The third-order valence-electron chi connectivity index (χ3n) is 16.6. The van der Waals surface area contributed by atoms with Crippen LogP contribution in [0.15, 0.2) is 188 Å². The van der Waals surface area contributed by atoms with Crippen molar-refractivity contribution < 1.29 is 0 Å². The second kappa shape index (κ2) is 15.7. The van der Waals surface area contributed by atoms with Gasteiger partial charge in [-0.15, -0.1) is 0 Å². The number of anilines is 6. The molecule has 0 unspecified atom stereocenters. The predicted octanol–water partition coefficient (Wildman–Crippen LogP) is 17.5. The summed E-state index contributed by atoms with van der Waals surface area (Å²) in [6, 6.07) is 71.9. The average molecular weight is 946 g/mol. The Bertz CT molecular complexity index is 3840. The van der Waals surface area contributed by atoms with Crippen LogP contribution in [0, 0.1) is 0 Å². The Morgan fingerprint density at radius 3 is 1.66 bits per heavy atom. The molecule has 2 aliphatic heterocycles.